The molecule has 0 unspecified atom stereocenters. The molecule has 0 amide bonds. The fourth-order valence-electron chi connectivity index (χ4n) is 2.65. The molecular weight excluding hydrogens is 234 g/mol. The summed E-state index contributed by atoms with van der Waals surface area (Å²) in [5, 5.41) is 3.26. The summed E-state index contributed by atoms with van der Waals surface area (Å²) < 4.78 is 24.8. The van der Waals surface area contributed by atoms with E-state index in [-0.39, 0.29) is 5.92 Å². The molecule has 0 radical (unpaired) electrons. The molecule has 0 atom stereocenters. The first-order chi connectivity index (χ1) is 8.19. The number of nitrogens with one attached hydrogen (secondary N) is 1. The second-order valence-electron chi connectivity index (χ2n) is 4.61. The molecule has 0 saturated carbocycles. The van der Waals surface area contributed by atoms with E-state index in [2.05, 4.69) is 5.32 Å². The van der Waals surface area contributed by atoms with E-state index in [1.807, 2.05) is 18.2 Å². The quantitative estimate of drug-likeness (QED) is 0.825. The number of allylic oxidation sites excluding steroid dienone is 1. The summed E-state index contributed by atoms with van der Waals surface area (Å²) in [6, 6.07) is 7.25. The largest absolute Gasteiger partial charge is 0.317 e. The maximum atomic E-state index is 12.4. The number of sulfone groups is 1. The van der Waals surface area contributed by atoms with Crippen LogP contribution in [-0.4, -0.2) is 21.5 Å². The third-order valence-electron chi connectivity index (χ3n) is 3.56. The van der Waals surface area contributed by atoms with Crippen LogP contribution in [0.25, 0.3) is 6.08 Å². The lowest BCUT2D eigenvalue weighted by molar-refractivity contribution is 0.429. The van der Waals surface area contributed by atoms with Gasteiger partial charge in [0.15, 0.2) is 0 Å². The zero-order chi connectivity index (χ0) is 11.9. The molecule has 1 fully saturated rings. The van der Waals surface area contributed by atoms with Gasteiger partial charge in [-0.15, -0.1) is 0 Å². The van der Waals surface area contributed by atoms with Crippen LogP contribution in [0.2, 0.25) is 0 Å². The van der Waals surface area contributed by atoms with Crippen LogP contribution in [-0.2, 0) is 9.84 Å². The number of piperidine rings is 1. The molecule has 1 aromatic rings. The Morgan fingerprint density at radius 3 is 2.53 bits per heavy atom. The summed E-state index contributed by atoms with van der Waals surface area (Å²) in [7, 11) is -3.21. The van der Waals surface area contributed by atoms with Crippen molar-refractivity contribution in [3.05, 3.63) is 34.7 Å². The van der Waals surface area contributed by atoms with Crippen molar-refractivity contribution in [2.45, 2.75) is 17.7 Å². The van der Waals surface area contributed by atoms with E-state index < -0.39 is 9.84 Å². The zero-order valence-corrected chi connectivity index (χ0v) is 10.3. The van der Waals surface area contributed by atoms with Gasteiger partial charge in [-0.1, -0.05) is 18.2 Å². The maximum Gasteiger partial charge on any atom is 0.203 e. The molecule has 1 N–H and O–H groups in total. The zero-order valence-electron chi connectivity index (χ0n) is 9.52. The molecule has 1 aromatic carbocycles. The van der Waals surface area contributed by atoms with Crippen molar-refractivity contribution in [2.75, 3.05) is 13.1 Å². The van der Waals surface area contributed by atoms with Gasteiger partial charge in [0.1, 0.15) is 0 Å². The van der Waals surface area contributed by atoms with Crippen LogP contribution in [0.1, 0.15) is 18.4 Å². The first-order valence-electron chi connectivity index (χ1n) is 5.96. The SMILES string of the molecule is O=S1(=O)C(C2CCNCC2)=Cc2ccccc21. The molecule has 2 heterocycles. The van der Waals surface area contributed by atoms with Gasteiger partial charge in [0.25, 0.3) is 0 Å². The fourth-order valence-corrected chi connectivity index (χ4v) is 4.55. The normalized spacial score (nSPS) is 23.2. The van der Waals surface area contributed by atoms with Crippen molar-refractivity contribution in [2.24, 2.45) is 5.92 Å². The Balaban J connectivity index is 2.04. The Bertz CT molecular complexity index is 569. The van der Waals surface area contributed by atoms with Crippen molar-refractivity contribution < 1.29 is 8.42 Å². The number of rotatable bonds is 1. The minimum absolute atomic E-state index is 0.189. The number of fused-ring (bicyclic) bond motifs is 1. The summed E-state index contributed by atoms with van der Waals surface area (Å²) in [4.78, 5) is 1.11. The number of hydrogen-bond donors (Lipinski definition) is 1. The van der Waals surface area contributed by atoms with Gasteiger partial charge in [-0.3, -0.25) is 0 Å². The standard InChI is InChI=1S/C13H15NO2S/c15-17(16)12-4-2-1-3-11(12)9-13(17)10-5-7-14-8-6-10/h1-4,9-10,14H,5-8H2. The van der Waals surface area contributed by atoms with Crippen molar-refractivity contribution in [1.29, 1.82) is 0 Å². The average molecular weight is 249 g/mol. The van der Waals surface area contributed by atoms with E-state index in [0.717, 1.165) is 31.5 Å². The van der Waals surface area contributed by atoms with E-state index in [9.17, 15) is 8.42 Å². The summed E-state index contributed by atoms with van der Waals surface area (Å²) >= 11 is 0. The van der Waals surface area contributed by atoms with Gasteiger partial charge >= 0.3 is 0 Å². The van der Waals surface area contributed by atoms with Gasteiger partial charge in [0, 0.05) is 0 Å². The lowest BCUT2D eigenvalue weighted by atomic mass is 9.96. The van der Waals surface area contributed by atoms with Crippen LogP contribution in [0, 0.1) is 5.92 Å². The first kappa shape index (κ1) is 11.0. The second kappa shape index (κ2) is 3.96. The van der Waals surface area contributed by atoms with Crippen LogP contribution in [0.4, 0.5) is 0 Å². The van der Waals surface area contributed by atoms with Crippen LogP contribution >= 0.6 is 0 Å². The van der Waals surface area contributed by atoms with Crippen molar-refractivity contribution in [3.63, 3.8) is 0 Å². The number of benzene rings is 1. The van der Waals surface area contributed by atoms with Gasteiger partial charge in [-0.2, -0.15) is 0 Å². The van der Waals surface area contributed by atoms with Crippen LogP contribution in [0.15, 0.2) is 34.1 Å². The van der Waals surface area contributed by atoms with Gasteiger partial charge in [0.2, 0.25) is 9.84 Å². The topological polar surface area (TPSA) is 46.2 Å². The van der Waals surface area contributed by atoms with Crippen molar-refractivity contribution >= 4 is 15.9 Å². The van der Waals surface area contributed by atoms with Gasteiger partial charge in [-0.25, -0.2) is 8.42 Å². The van der Waals surface area contributed by atoms with E-state index in [4.69, 9.17) is 0 Å². The van der Waals surface area contributed by atoms with Crippen molar-refractivity contribution in [1.82, 2.24) is 5.32 Å². The molecular formula is C13H15NO2S. The lowest BCUT2D eigenvalue weighted by Gasteiger charge is -2.23. The summed E-state index contributed by atoms with van der Waals surface area (Å²) in [6.07, 6.45) is 3.69. The number of hydrogen-bond acceptors (Lipinski definition) is 3. The molecule has 1 saturated heterocycles. The predicted molar refractivity (Wildman–Crippen MR) is 67.2 cm³/mol. The fraction of sp³-hybridized carbons (Fsp3) is 0.385. The Labute approximate surface area is 101 Å². The van der Waals surface area contributed by atoms with E-state index in [1.165, 1.54) is 0 Å². The Morgan fingerprint density at radius 2 is 1.82 bits per heavy atom. The highest BCUT2D eigenvalue weighted by Crippen LogP contribution is 2.39. The Kier molecular flexibility index (Phi) is 2.56. The summed E-state index contributed by atoms with van der Waals surface area (Å²) in [5.41, 5.74) is 0.848. The Morgan fingerprint density at radius 1 is 1.12 bits per heavy atom. The molecule has 3 rings (SSSR count). The molecule has 4 heteroatoms. The molecule has 2 aliphatic heterocycles. The molecule has 3 nitrogen and oxygen atoms in total. The molecule has 0 aliphatic carbocycles. The third-order valence-corrected chi connectivity index (χ3v) is 5.58. The first-order valence-corrected chi connectivity index (χ1v) is 7.44. The molecule has 17 heavy (non-hydrogen) atoms. The van der Waals surface area contributed by atoms with E-state index in [1.54, 1.807) is 12.1 Å². The molecule has 90 valence electrons. The third kappa shape index (κ3) is 1.72. The highest BCUT2D eigenvalue weighted by Gasteiger charge is 2.34. The average Bonchev–Trinajstić information content (AvgIpc) is 2.63. The highest BCUT2D eigenvalue weighted by molar-refractivity contribution is 7.95. The van der Waals surface area contributed by atoms with Gasteiger partial charge in [-0.05, 0) is 49.6 Å². The van der Waals surface area contributed by atoms with Gasteiger partial charge < -0.3 is 5.32 Å². The summed E-state index contributed by atoms with van der Waals surface area (Å²) in [6.45, 7) is 1.82. The highest BCUT2D eigenvalue weighted by atomic mass is 32.2. The van der Waals surface area contributed by atoms with E-state index in [0.29, 0.717) is 9.80 Å². The smallest absolute Gasteiger partial charge is 0.203 e. The van der Waals surface area contributed by atoms with Crippen LogP contribution in [0.5, 0.6) is 0 Å². The van der Waals surface area contributed by atoms with E-state index >= 15 is 0 Å². The minimum Gasteiger partial charge on any atom is -0.317 e. The molecule has 0 bridgehead atoms. The molecule has 0 aromatic heterocycles. The summed E-state index contributed by atoms with van der Waals surface area (Å²) in [5.74, 6) is 0.189. The van der Waals surface area contributed by atoms with Crippen LogP contribution < -0.4 is 5.32 Å². The molecule has 2 aliphatic rings. The molecule has 0 spiro atoms. The lowest BCUT2D eigenvalue weighted by Crippen LogP contribution is -2.29. The maximum absolute atomic E-state index is 12.4. The predicted octanol–water partition coefficient (Wildman–Crippen LogP) is 1.81. The Hall–Kier alpha value is -1.13. The second-order valence-corrected chi connectivity index (χ2v) is 6.53. The monoisotopic (exact) mass is 249 g/mol. The van der Waals surface area contributed by atoms with Gasteiger partial charge in [0.05, 0.1) is 9.80 Å². The van der Waals surface area contributed by atoms with Crippen LogP contribution in [0.3, 0.4) is 0 Å². The minimum atomic E-state index is -3.21. The van der Waals surface area contributed by atoms with Crippen molar-refractivity contribution in [3.8, 4) is 0 Å².